The van der Waals surface area contributed by atoms with Crippen LogP contribution >= 0.6 is 15.9 Å². The lowest BCUT2D eigenvalue weighted by Crippen LogP contribution is -2.42. The summed E-state index contributed by atoms with van der Waals surface area (Å²) < 4.78 is 44.0. The van der Waals surface area contributed by atoms with Crippen LogP contribution in [0.5, 0.6) is 0 Å². The molecule has 0 bridgehead atoms. The molecule has 31 heavy (non-hydrogen) atoms. The molecule has 4 rings (SSSR count). The highest BCUT2D eigenvalue weighted by molar-refractivity contribution is 9.10. The van der Waals surface area contributed by atoms with Crippen molar-refractivity contribution in [1.29, 1.82) is 0 Å². The van der Waals surface area contributed by atoms with E-state index >= 15 is 0 Å². The molecule has 1 aromatic carbocycles. The zero-order valence-corrected chi connectivity index (χ0v) is 18.8. The summed E-state index contributed by atoms with van der Waals surface area (Å²) in [6.07, 6.45) is -0.131. The van der Waals surface area contributed by atoms with Gasteiger partial charge in [-0.1, -0.05) is 47.5 Å². The van der Waals surface area contributed by atoms with E-state index in [1.54, 1.807) is 4.68 Å². The number of tetrazole rings is 1. The minimum atomic E-state index is -4.50. The van der Waals surface area contributed by atoms with Crippen molar-refractivity contribution in [3.05, 3.63) is 57.6 Å². The van der Waals surface area contributed by atoms with Crippen LogP contribution in [0.25, 0.3) is 0 Å². The van der Waals surface area contributed by atoms with Gasteiger partial charge < -0.3 is 5.32 Å². The van der Waals surface area contributed by atoms with Gasteiger partial charge in [-0.15, -0.1) is 5.10 Å². The van der Waals surface area contributed by atoms with Gasteiger partial charge in [0.15, 0.2) is 11.5 Å². The number of nitrogens with one attached hydrogen (secondary N) is 1. The van der Waals surface area contributed by atoms with Crippen LogP contribution in [-0.4, -0.2) is 30.0 Å². The number of hydrogen-bond acceptors (Lipinski definition) is 5. The molecule has 0 saturated heterocycles. The van der Waals surface area contributed by atoms with Gasteiger partial charge in [0.1, 0.15) is 0 Å². The van der Waals surface area contributed by atoms with Gasteiger partial charge in [0.25, 0.3) is 0 Å². The fourth-order valence-corrected chi connectivity index (χ4v) is 4.52. The normalized spacial score (nSPS) is 16.8. The van der Waals surface area contributed by atoms with Crippen molar-refractivity contribution in [2.75, 3.05) is 0 Å². The molecule has 1 atom stereocenters. The van der Waals surface area contributed by atoms with Crippen LogP contribution in [0.4, 0.5) is 13.2 Å². The Bertz CT molecular complexity index is 1060. The summed E-state index contributed by atoms with van der Waals surface area (Å²) in [4.78, 5) is 0. The highest BCUT2D eigenvalue weighted by atomic mass is 79.9. The lowest BCUT2D eigenvalue weighted by atomic mass is 9.65. The summed E-state index contributed by atoms with van der Waals surface area (Å²) in [5.74, 6) is 0.621. The molecule has 166 valence electrons. The predicted octanol–water partition coefficient (Wildman–Crippen LogP) is 4.26. The van der Waals surface area contributed by atoms with Crippen molar-refractivity contribution in [2.45, 2.75) is 51.5 Å². The van der Waals surface area contributed by atoms with Gasteiger partial charge in [0, 0.05) is 29.8 Å². The van der Waals surface area contributed by atoms with E-state index in [1.165, 1.54) is 17.9 Å². The van der Waals surface area contributed by atoms with E-state index in [0.29, 0.717) is 12.4 Å². The average molecular weight is 498 g/mol. The Morgan fingerprint density at radius 2 is 1.97 bits per heavy atom. The van der Waals surface area contributed by atoms with Gasteiger partial charge in [0.05, 0.1) is 12.6 Å². The molecule has 1 aliphatic rings. The predicted molar refractivity (Wildman–Crippen MR) is 111 cm³/mol. The Kier molecular flexibility index (Phi) is 5.91. The maximum absolute atomic E-state index is 13.4. The molecule has 2 heterocycles. The van der Waals surface area contributed by atoms with Gasteiger partial charge in [-0.25, -0.2) is 4.68 Å². The van der Waals surface area contributed by atoms with E-state index < -0.39 is 11.9 Å². The van der Waals surface area contributed by atoms with E-state index in [2.05, 4.69) is 48.8 Å². The lowest BCUT2D eigenvalue weighted by molar-refractivity contribution is -0.142. The number of halogens is 4. The van der Waals surface area contributed by atoms with Crippen LogP contribution in [0.3, 0.4) is 0 Å². The molecule has 1 saturated carbocycles. The zero-order chi connectivity index (χ0) is 22.2. The molecule has 0 radical (unpaired) electrons. The first kappa shape index (κ1) is 21.9. The molecule has 1 N–H and O–H groups in total. The lowest BCUT2D eigenvalue weighted by Gasteiger charge is -2.44. The molecule has 1 fully saturated rings. The van der Waals surface area contributed by atoms with Crippen molar-refractivity contribution < 1.29 is 13.2 Å². The monoisotopic (exact) mass is 497 g/mol. The van der Waals surface area contributed by atoms with E-state index in [0.717, 1.165) is 29.3 Å². The van der Waals surface area contributed by atoms with Crippen molar-refractivity contribution in [3.8, 4) is 0 Å². The van der Waals surface area contributed by atoms with Gasteiger partial charge in [-0.3, -0.25) is 4.68 Å². The SMILES string of the molecule is Cn1cc(CNC(c2nnnn2Cc2ccccc2Br)C2(C)CCC2)c(C(F)(F)F)n1. The van der Waals surface area contributed by atoms with Gasteiger partial charge >= 0.3 is 6.18 Å². The number of nitrogens with zero attached hydrogens (tertiary/aromatic N) is 6. The summed E-state index contributed by atoms with van der Waals surface area (Å²) in [6, 6.07) is 7.51. The first-order chi connectivity index (χ1) is 14.7. The average Bonchev–Trinajstić information content (AvgIpc) is 3.28. The van der Waals surface area contributed by atoms with E-state index in [1.807, 2.05) is 24.3 Å². The van der Waals surface area contributed by atoms with Crippen LogP contribution in [0.15, 0.2) is 34.9 Å². The fourth-order valence-electron chi connectivity index (χ4n) is 4.11. The molecular weight excluding hydrogens is 475 g/mol. The Balaban J connectivity index is 1.61. The van der Waals surface area contributed by atoms with E-state index in [-0.39, 0.29) is 23.6 Å². The smallest absolute Gasteiger partial charge is 0.303 e. The molecule has 1 aliphatic carbocycles. The molecule has 0 aliphatic heterocycles. The van der Waals surface area contributed by atoms with E-state index in [4.69, 9.17) is 0 Å². The summed E-state index contributed by atoms with van der Waals surface area (Å²) in [6.45, 7) is 2.60. The Morgan fingerprint density at radius 3 is 2.61 bits per heavy atom. The molecule has 1 unspecified atom stereocenters. The summed E-state index contributed by atoms with van der Waals surface area (Å²) in [7, 11) is 1.49. The van der Waals surface area contributed by atoms with Crippen molar-refractivity contribution >= 4 is 15.9 Å². The minimum Gasteiger partial charge on any atom is -0.303 e. The van der Waals surface area contributed by atoms with Crippen LogP contribution in [0.1, 0.15) is 54.9 Å². The highest BCUT2D eigenvalue weighted by Crippen LogP contribution is 2.49. The third kappa shape index (κ3) is 4.52. The molecule has 2 aromatic heterocycles. The summed E-state index contributed by atoms with van der Waals surface area (Å²) in [5, 5.41) is 19.2. The van der Waals surface area contributed by atoms with Crippen molar-refractivity contribution in [1.82, 2.24) is 35.3 Å². The van der Waals surface area contributed by atoms with Gasteiger partial charge in [0.2, 0.25) is 0 Å². The second-order valence-electron chi connectivity index (χ2n) is 8.28. The first-order valence-electron chi connectivity index (χ1n) is 10.00. The molecule has 7 nitrogen and oxygen atoms in total. The van der Waals surface area contributed by atoms with Crippen molar-refractivity contribution in [2.24, 2.45) is 12.5 Å². The van der Waals surface area contributed by atoms with E-state index in [9.17, 15) is 13.2 Å². The number of alkyl halides is 3. The largest absolute Gasteiger partial charge is 0.435 e. The second-order valence-corrected chi connectivity index (χ2v) is 9.14. The number of benzene rings is 1. The highest BCUT2D eigenvalue weighted by Gasteiger charge is 2.44. The second kappa shape index (κ2) is 8.34. The molecule has 0 spiro atoms. The van der Waals surface area contributed by atoms with Crippen LogP contribution in [0.2, 0.25) is 0 Å². The number of rotatable bonds is 7. The number of aryl methyl sites for hydroxylation is 1. The standard InChI is InChI=1S/C20H23BrF3N7/c1-19(8-5-9-19)17(25-10-14-11-30(2)27-16(14)20(22,23)24)18-26-28-29-31(18)12-13-6-3-4-7-15(13)21/h3-4,6-7,11,17,25H,5,8-10,12H2,1-2H3. The fraction of sp³-hybridized carbons (Fsp3) is 0.500. The topological polar surface area (TPSA) is 73.5 Å². The summed E-state index contributed by atoms with van der Waals surface area (Å²) >= 11 is 3.54. The Hall–Kier alpha value is -2.27. The maximum Gasteiger partial charge on any atom is 0.435 e. The quantitative estimate of drug-likeness (QED) is 0.527. The Morgan fingerprint density at radius 1 is 1.23 bits per heavy atom. The zero-order valence-electron chi connectivity index (χ0n) is 17.2. The third-order valence-electron chi connectivity index (χ3n) is 5.96. The molecule has 3 aromatic rings. The molecule has 0 amide bonds. The van der Waals surface area contributed by atoms with Crippen LogP contribution < -0.4 is 5.32 Å². The summed E-state index contributed by atoms with van der Waals surface area (Å²) in [5.41, 5.74) is 0.113. The van der Waals surface area contributed by atoms with Crippen LogP contribution in [-0.2, 0) is 26.3 Å². The number of aromatic nitrogens is 6. The van der Waals surface area contributed by atoms with Gasteiger partial charge in [-0.2, -0.15) is 18.3 Å². The Labute approximate surface area is 186 Å². The van der Waals surface area contributed by atoms with Crippen LogP contribution in [0, 0.1) is 5.41 Å². The van der Waals surface area contributed by atoms with Crippen molar-refractivity contribution in [3.63, 3.8) is 0 Å². The third-order valence-corrected chi connectivity index (χ3v) is 6.73. The minimum absolute atomic E-state index is 0.0187. The maximum atomic E-state index is 13.4. The first-order valence-corrected chi connectivity index (χ1v) is 10.8. The molecule has 11 heteroatoms. The molecular formula is C20H23BrF3N7. The number of hydrogen-bond donors (Lipinski definition) is 1. The van der Waals surface area contributed by atoms with Gasteiger partial charge in [-0.05, 0) is 40.3 Å².